The fourth-order valence-electron chi connectivity index (χ4n) is 1.07. The first-order chi connectivity index (χ1) is 13.0. The third kappa shape index (κ3) is 30.7. The quantitative estimate of drug-likeness (QED) is 0.321. The third-order valence-corrected chi connectivity index (χ3v) is 2.15. The van der Waals surface area contributed by atoms with E-state index >= 15 is 0 Å². The maximum absolute atomic E-state index is 10.5. The first kappa shape index (κ1) is 29.6. The van der Waals surface area contributed by atoms with Crippen LogP contribution in [0.4, 0.5) is 0 Å². The van der Waals surface area contributed by atoms with Gasteiger partial charge in [-0.1, -0.05) is 25.3 Å². The summed E-state index contributed by atoms with van der Waals surface area (Å²) in [5, 5.41) is 2.64. The predicted molar refractivity (Wildman–Crippen MR) is 110 cm³/mol. The van der Waals surface area contributed by atoms with Crippen molar-refractivity contribution in [2.45, 2.75) is 33.2 Å². The third-order valence-electron chi connectivity index (χ3n) is 2.15. The van der Waals surface area contributed by atoms with Crippen molar-refractivity contribution >= 4 is 23.7 Å². The Labute approximate surface area is 166 Å². The molecule has 28 heavy (non-hydrogen) atoms. The molecule has 7 N–H and O–H groups in total. The van der Waals surface area contributed by atoms with E-state index in [9.17, 15) is 19.2 Å². The van der Waals surface area contributed by atoms with Gasteiger partial charge >= 0.3 is 5.97 Å². The van der Waals surface area contributed by atoms with Gasteiger partial charge in [-0.2, -0.15) is 0 Å². The number of nitrogens with two attached hydrogens (primary N) is 3. The highest BCUT2D eigenvalue weighted by molar-refractivity contribution is 5.87. The average molecular weight is 396 g/mol. The highest BCUT2D eigenvalue weighted by atomic mass is 16.5. The molecule has 0 aliphatic carbocycles. The van der Waals surface area contributed by atoms with Crippen LogP contribution in [0, 0.1) is 0 Å². The van der Waals surface area contributed by atoms with Crippen LogP contribution in [0.3, 0.4) is 0 Å². The van der Waals surface area contributed by atoms with Gasteiger partial charge in [0.05, 0.1) is 0 Å². The monoisotopic (exact) mass is 396 g/mol. The topological polar surface area (TPSA) is 168 Å². The zero-order valence-corrected chi connectivity index (χ0v) is 16.8. The smallest absolute Gasteiger partial charge is 0.333 e. The second-order valence-electron chi connectivity index (χ2n) is 5.42. The Morgan fingerprint density at radius 3 is 1.79 bits per heavy atom. The van der Waals surface area contributed by atoms with E-state index in [2.05, 4.69) is 23.2 Å². The number of allylic oxidation sites excluding steroid dienone is 2. The Bertz CT molecular complexity index is 559. The van der Waals surface area contributed by atoms with E-state index in [1.54, 1.807) is 19.1 Å². The summed E-state index contributed by atoms with van der Waals surface area (Å²) in [4.78, 5) is 41.1. The largest absolute Gasteiger partial charge is 0.461 e. The predicted octanol–water partition coefficient (Wildman–Crippen LogP) is 0.221. The Balaban J connectivity index is -0.000000340. The number of primary amides is 2. The van der Waals surface area contributed by atoms with Crippen molar-refractivity contribution in [1.29, 1.82) is 0 Å². The summed E-state index contributed by atoms with van der Waals surface area (Å²) in [5.74, 6) is -1.49. The molecule has 0 aromatic heterocycles. The standard InChI is InChI=1S/C7H10N2O2.C6H11NO2.C6H11NO/c8-6(10)4-2-1-3-5-7(9)11;1-5(2)6(8)9-4-3-7;1-4-6(8)7-5(2)3/h2-5H,1H2,(H2,8,10)(H2,9,11);1,3-4,7H2,2H3;4-5H,1H2,2-3H3,(H,7,8). The van der Waals surface area contributed by atoms with E-state index in [1.807, 2.05) is 13.8 Å². The van der Waals surface area contributed by atoms with Crippen molar-refractivity contribution in [3.8, 4) is 0 Å². The molecule has 158 valence electrons. The van der Waals surface area contributed by atoms with Gasteiger partial charge < -0.3 is 27.3 Å². The van der Waals surface area contributed by atoms with Gasteiger partial charge in [-0.05, 0) is 45.4 Å². The van der Waals surface area contributed by atoms with Crippen LogP contribution in [0.1, 0.15) is 27.2 Å². The maximum atomic E-state index is 10.5. The molecule has 0 aromatic carbocycles. The lowest BCUT2D eigenvalue weighted by molar-refractivity contribution is -0.138. The fourth-order valence-corrected chi connectivity index (χ4v) is 1.07. The molecule has 0 aliphatic rings. The van der Waals surface area contributed by atoms with Crippen molar-refractivity contribution in [3.05, 3.63) is 49.1 Å². The number of carbonyl (C=O) groups is 4. The molecule has 3 amide bonds. The molecule has 0 aliphatic heterocycles. The zero-order valence-electron chi connectivity index (χ0n) is 16.8. The van der Waals surface area contributed by atoms with Gasteiger partial charge in [0.2, 0.25) is 17.7 Å². The van der Waals surface area contributed by atoms with Crippen LogP contribution in [0.2, 0.25) is 0 Å². The van der Waals surface area contributed by atoms with Crippen LogP contribution in [-0.2, 0) is 23.9 Å². The molecule has 0 rings (SSSR count). The van der Waals surface area contributed by atoms with Gasteiger partial charge in [-0.15, -0.1) is 0 Å². The molecule has 0 fully saturated rings. The number of amides is 3. The van der Waals surface area contributed by atoms with Crippen LogP contribution in [-0.4, -0.2) is 42.9 Å². The fraction of sp³-hybridized carbons (Fsp3) is 0.368. The summed E-state index contributed by atoms with van der Waals surface area (Å²) >= 11 is 0. The Morgan fingerprint density at radius 2 is 1.54 bits per heavy atom. The number of hydrogen-bond donors (Lipinski definition) is 4. The van der Waals surface area contributed by atoms with E-state index in [0.717, 1.165) is 0 Å². The first-order valence-electron chi connectivity index (χ1n) is 8.35. The Hall–Kier alpha value is -3.20. The van der Waals surface area contributed by atoms with E-state index in [0.29, 0.717) is 18.5 Å². The molecule has 0 heterocycles. The lowest BCUT2D eigenvalue weighted by Gasteiger charge is -2.02. The van der Waals surface area contributed by atoms with Gasteiger partial charge in [0.25, 0.3) is 0 Å². The number of nitrogens with one attached hydrogen (secondary N) is 1. The van der Waals surface area contributed by atoms with Gasteiger partial charge in [-0.25, -0.2) is 4.79 Å². The van der Waals surface area contributed by atoms with Crippen LogP contribution >= 0.6 is 0 Å². The molecule has 9 heteroatoms. The van der Waals surface area contributed by atoms with Crippen molar-refractivity contribution in [1.82, 2.24) is 5.32 Å². The summed E-state index contributed by atoms with van der Waals surface area (Å²) in [6.45, 7) is 12.7. The highest BCUT2D eigenvalue weighted by Gasteiger charge is 1.99. The SMILES string of the molecule is C=C(C)C(=O)OCCN.C=CC(=O)NC(C)C.NC(=O)C=CCC=CC(N)=O. The molecule has 0 spiro atoms. The molecule has 0 saturated heterocycles. The molecule has 0 saturated carbocycles. The van der Waals surface area contributed by atoms with Crippen LogP contribution in [0.15, 0.2) is 49.1 Å². The van der Waals surface area contributed by atoms with Gasteiger partial charge in [0.15, 0.2) is 0 Å². The second kappa shape index (κ2) is 20.1. The minimum Gasteiger partial charge on any atom is -0.461 e. The van der Waals surface area contributed by atoms with Gasteiger partial charge in [0.1, 0.15) is 6.61 Å². The molecule has 0 unspecified atom stereocenters. The molecule has 9 nitrogen and oxygen atoms in total. The number of esters is 1. The molecule has 0 radical (unpaired) electrons. The highest BCUT2D eigenvalue weighted by Crippen LogP contribution is 1.89. The van der Waals surface area contributed by atoms with Crippen LogP contribution < -0.4 is 22.5 Å². The number of hydrogen-bond acceptors (Lipinski definition) is 6. The van der Waals surface area contributed by atoms with E-state index in [4.69, 9.17) is 17.2 Å². The summed E-state index contributed by atoms with van der Waals surface area (Å²) in [6.07, 6.45) is 7.28. The van der Waals surface area contributed by atoms with E-state index in [1.165, 1.54) is 18.2 Å². The average Bonchev–Trinajstić information content (AvgIpc) is 2.59. The molecule has 0 atom stereocenters. The van der Waals surface area contributed by atoms with Crippen LogP contribution in [0.5, 0.6) is 0 Å². The van der Waals surface area contributed by atoms with Gasteiger partial charge in [-0.3, -0.25) is 14.4 Å². The summed E-state index contributed by atoms with van der Waals surface area (Å²) in [7, 11) is 0. The second-order valence-corrected chi connectivity index (χ2v) is 5.42. The van der Waals surface area contributed by atoms with Crippen molar-refractivity contribution in [3.63, 3.8) is 0 Å². The lowest BCUT2D eigenvalue weighted by Crippen LogP contribution is -2.27. The zero-order chi connectivity index (χ0) is 22.5. The lowest BCUT2D eigenvalue weighted by atomic mass is 10.3. The maximum Gasteiger partial charge on any atom is 0.333 e. The first-order valence-corrected chi connectivity index (χ1v) is 8.35. The number of rotatable bonds is 9. The minimum absolute atomic E-state index is 0.111. The minimum atomic E-state index is -0.502. The van der Waals surface area contributed by atoms with E-state index < -0.39 is 11.8 Å². The molecule has 0 aromatic rings. The van der Waals surface area contributed by atoms with Crippen LogP contribution in [0.25, 0.3) is 0 Å². The normalized spacial score (nSPS) is 9.61. The summed E-state index contributed by atoms with van der Waals surface area (Å²) in [6, 6.07) is 0.209. The van der Waals surface area contributed by atoms with E-state index in [-0.39, 0.29) is 24.5 Å². The molecule has 0 bridgehead atoms. The molecular weight excluding hydrogens is 364 g/mol. The van der Waals surface area contributed by atoms with Crippen molar-refractivity contribution in [2.24, 2.45) is 17.2 Å². The summed E-state index contributed by atoms with van der Waals surface area (Å²) < 4.78 is 4.59. The number of ether oxygens (including phenoxy) is 1. The number of carbonyl (C=O) groups excluding carboxylic acids is 4. The Morgan fingerprint density at radius 1 is 1.07 bits per heavy atom. The van der Waals surface area contributed by atoms with Crippen molar-refractivity contribution in [2.75, 3.05) is 13.2 Å². The Kier molecular flexibility index (Phi) is 21.2. The van der Waals surface area contributed by atoms with Crippen molar-refractivity contribution < 1.29 is 23.9 Å². The van der Waals surface area contributed by atoms with Gasteiger partial charge in [0, 0.05) is 18.2 Å². The summed E-state index contributed by atoms with van der Waals surface area (Å²) in [5.41, 5.74) is 15.1. The molecular formula is C19H32N4O5.